The Morgan fingerprint density at radius 3 is 2.79 bits per heavy atom. The zero-order chi connectivity index (χ0) is 10.6. The Bertz CT molecular complexity index is 349. The lowest BCUT2D eigenvalue weighted by Crippen LogP contribution is -2.45. The first-order valence-corrected chi connectivity index (χ1v) is 5.12. The lowest BCUT2D eigenvalue weighted by molar-refractivity contribution is 0.0939. The van der Waals surface area contributed by atoms with Crippen molar-refractivity contribution < 1.29 is 4.79 Å². The average Bonchev–Trinajstić information content (AvgIpc) is 2.60. The van der Waals surface area contributed by atoms with Gasteiger partial charge in [-0.15, -0.1) is 11.3 Å². The standard InChI is InChI=1S/C7H10N4OS2/c1-4-9-5(3-14-4)6(12)10-11-7(13)8-2/h3H,1-2H3,(H,10,12)(H2,8,11,13). The maximum absolute atomic E-state index is 11.4. The van der Waals surface area contributed by atoms with E-state index in [4.69, 9.17) is 12.2 Å². The van der Waals surface area contributed by atoms with Gasteiger partial charge in [0, 0.05) is 12.4 Å². The van der Waals surface area contributed by atoms with Crippen LogP contribution in [-0.2, 0) is 0 Å². The maximum Gasteiger partial charge on any atom is 0.289 e. The third-order valence-corrected chi connectivity index (χ3v) is 2.45. The Kier molecular flexibility index (Phi) is 3.78. The molecule has 7 heteroatoms. The molecule has 0 saturated heterocycles. The van der Waals surface area contributed by atoms with Gasteiger partial charge in [0.15, 0.2) is 5.11 Å². The lowest BCUT2D eigenvalue weighted by Gasteiger charge is -2.06. The summed E-state index contributed by atoms with van der Waals surface area (Å²) in [4.78, 5) is 15.4. The van der Waals surface area contributed by atoms with Crippen molar-refractivity contribution in [3.05, 3.63) is 16.1 Å². The molecule has 0 aliphatic carbocycles. The van der Waals surface area contributed by atoms with Crippen molar-refractivity contribution in [1.29, 1.82) is 0 Å². The van der Waals surface area contributed by atoms with E-state index in [1.54, 1.807) is 12.4 Å². The van der Waals surface area contributed by atoms with E-state index >= 15 is 0 Å². The number of thiazole rings is 1. The average molecular weight is 230 g/mol. The highest BCUT2D eigenvalue weighted by molar-refractivity contribution is 7.80. The molecule has 0 aliphatic heterocycles. The van der Waals surface area contributed by atoms with Gasteiger partial charge < -0.3 is 5.32 Å². The van der Waals surface area contributed by atoms with Crippen molar-refractivity contribution in [2.24, 2.45) is 0 Å². The van der Waals surface area contributed by atoms with Gasteiger partial charge in [-0.25, -0.2) is 4.98 Å². The molecule has 1 heterocycles. The second-order valence-corrected chi connectivity index (χ2v) is 3.88. The van der Waals surface area contributed by atoms with E-state index < -0.39 is 0 Å². The second kappa shape index (κ2) is 4.87. The molecule has 0 saturated carbocycles. The van der Waals surface area contributed by atoms with Crippen LogP contribution in [0.1, 0.15) is 15.5 Å². The van der Waals surface area contributed by atoms with Crippen molar-refractivity contribution in [1.82, 2.24) is 21.2 Å². The molecule has 1 amide bonds. The minimum absolute atomic E-state index is 0.299. The van der Waals surface area contributed by atoms with Crippen LogP contribution < -0.4 is 16.2 Å². The minimum atomic E-state index is -0.299. The molecule has 76 valence electrons. The van der Waals surface area contributed by atoms with Gasteiger partial charge in [0.05, 0.1) is 5.01 Å². The monoisotopic (exact) mass is 230 g/mol. The van der Waals surface area contributed by atoms with Crippen LogP contribution in [0, 0.1) is 6.92 Å². The Balaban J connectivity index is 2.47. The van der Waals surface area contributed by atoms with Crippen LogP contribution in [0.4, 0.5) is 0 Å². The predicted octanol–water partition coefficient (Wildman–Crippen LogP) is 0.190. The fourth-order valence-electron chi connectivity index (χ4n) is 0.708. The number of hydrogen-bond donors (Lipinski definition) is 3. The van der Waals surface area contributed by atoms with E-state index in [1.165, 1.54) is 11.3 Å². The van der Waals surface area contributed by atoms with E-state index in [-0.39, 0.29) is 5.91 Å². The fraction of sp³-hybridized carbons (Fsp3) is 0.286. The van der Waals surface area contributed by atoms with Crippen LogP contribution in [-0.4, -0.2) is 23.1 Å². The summed E-state index contributed by atoms with van der Waals surface area (Å²) in [7, 11) is 1.66. The molecule has 5 nitrogen and oxygen atoms in total. The SMILES string of the molecule is CNC(=S)NNC(=O)c1csc(C)n1. The summed E-state index contributed by atoms with van der Waals surface area (Å²) in [5, 5.41) is 5.56. The van der Waals surface area contributed by atoms with Gasteiger partial charge in [0.25, 0.3) is 5.91 Å². The number of hydrazine groups is 1. The molecule has 0 aliphatic rings. The summed E-state index contributed by atoms with van der Waals surface area (Å²) in [5.74, 6) is -0.299. The van der Waals surface area contributed by atoms with Crippen molar-refractivity contribution in [3.8, 4) is 0 Å². The molecular weight excluding hydrogens is 220 g/mol. The molecular formula is C7H10N4OS2. The quantitative estimate of drug-likeness (QED) is 0.475. The number of hydrogen-bond acceptors (Lipinski definition) is 4. The third kappa shape index (κ3) is 2.93. The third-order valence-electron chi connectivity index (χ3n) is 1.37. The fourth-order valence-corrected chi connectivity index (χ4v) is 1.35. The van der Waals surface area contributed by atoms with Crippen molar-refractivity contribution >= 4 is 34.6 Å². The zero-order valence-corrected chi connectivity index (χ0v) is 9.38. The number of carbonyl (C=O) groups excluding carboxylic acids is 1. The van der Waals surface area contributed by atoms with Crippen LogP contribution in [0.5, 0.6) is 0 Å². The summed E-state index contributed by atoms with van der Waals surface area (Å²) >= 11 is 6.20. The molecule has 0 unspecified atom stereocenters. The first kappa shape index (κ1) is 10.9. The topological polar surface area (TPSA) is 66.0 Å². The summed E-state index contributed by atoms with van der Waals surface area (Å²) in [6, 6.07) is 0. The second-order valence-electron chi connectivity index (χ2n) is 2.41. The molecule has 0 bridgehead atoms. The summed E-state index contributed by atoms with van der Waals surface area (Å²) in [6.07, 6.45) is 0. The number of nitrogens with zero attached hydrogens (tertiary/aromatic N) is 1. The molecule has 0 spiro atoms. The minimum Gasteiger partial charge on any atom is -0.364 e. The first-order valence-electron chi connectivity index (χ1n) is 3.83. The largest absolute Gasteiger partial charge is 0.364 e. The van der Waals surface area contributed by atoms with E-state index in [0.29, 0.717) is 10.8 Å². The Morgan fingerprint density at radius 1 is 1.57 bits per heavy atom. The van der Waals surface area contributed by atoms with Gasteiger partial charge in [0.2, 0.25) is 0 Å². The van der Waals surface area contributed by atoms with Crippen LogP contribution in [0.25, 0.3) is 0 Å². The van der Waals surface area contributed by atoms with Crippen LogP contribution >= 0.6 is 23.6 Å². The first-order chi connectivity index (χ1) is 6.63. The smallest absolute Gasteiger partial charge is 0.289 e. The number of aryl methyl sites for hydroxylation is 1. The Morgan fingerprint density at radius 2 is 2.29 bits per heavy atom. The highest BCUT2D eigenvalue weighted by Crippen LogP contribution is 2.06. The van der Waals surface area contributed by atoms with Crippen molar-refractivity contribution in [2.75, 3.05) is 7.05 Å². The Hall–Kier alpha value is -1.21. The van der Waals surface area contributed by atoms with Gasteiger partial charge in [-0.1, -0.05) is 0 Å². The lowest BCUT2D eigenvalue weighted by atomic mass is 10.5. The molecule has 0 radical (unpaired) electrons. The Labute approximate surface area is 90.9 Å². The van der Waals surface area contributed by atoms with E-state index in [1.807, 2.05) is 6.92 Å². The molecule has 0 atom stereocenters. The number of aromatic nitrogens is 1. The number of amides is 1. The summed E-state index contributed by atoms with van der Waals surface area (Å²) in [6.45, 7) is 1.84. The molecule has 14 heavy (non-hydrogen) atoms. The number of carbonyl (C=O) groups is 1. The molecule has 1 aromatic rings. The zero-order valence-electron chi connectivity index (χ0n) is 7.75. The molecule has 1 aromatic heterocycles. The van der Waals surface area contributed by atoms with Crippen LogP contribution in [0.15, 0.2) is 5.38 Å². The van der Waals surface area contributed by atoms with Crippen LogP contribution in [0.3, 0.4) is 0 Å². The van der Waals surface area contributed by atoms with E-state index in [0.717, 1.165) is 5.01 Å². The van der Waals surface area contributed by atoms with Gasteiger partial charge in [-0.2, -0.15) is 0 Å². The highest BCUT2D eigenvalue weighted by atomic mass is 32.1. The number of nitrogens with one attached hydrogen (secondary N) is 3. The summed E-state index contributed by atoms with van der Waals surface area (Å²) in [5.41, 5.74) is 5.33. The van der Waals surface area contributed by atoms with E-state index in [9.17, 15) is 4.79 Å². The highest BCUT2D eigenvalue weighted by Gasteiger charge is 2.08. The maximum atomic E-state index is 11.4. The number of rotatable bonds is 1. The molecule has 0 aromatic carbocycles. The van der Waals surface area contributed by atoms with Gasteiger partial charge in [-0.05, 0) is 19.1 Å². The van der Waals surface area contributed by atoms with Gasteiger partial charge in [-0.3, -0.25) is 15.6 Å². The number of thiocarbonyl (C=S) groups is 1. The van der Waals surface area contributed by atoms with Crippen molar-refractivity contribution in [2.45, 2.75) is 6.92 Å². The predicted molar refractivity (Wildman–Crippen MR) is 59.1 cm³/mol. The van der Waals surface area contributed by atoms with E-state index in [2.05, 4.69) is 21.2 Å². The molecule has 0 fully saturated rings. The van der Waals surface area contributed by atoms with Gasteiger partial charge in [0.1, 0.15) is 5.69 Å². The molecule has 3 N–H and O–H groups in total. The van der Waals surface area contributed by atoms with Crippen molar-refractivity contribution in [3.63, 3.8) is 0 Å². The summed E-state index contributed by atoms with van der Waals surface area (Å²) < 4.78 is 0. The molecule has 1 rings (SSSR count). The normalized spacial score (nSPS) is 9.29. The van der Waals surface area contributed by atoms with Crippen LogP contribution in [0.2, 0.25) is 0 Å². The van der Waals surface area contributed by atoms with Gasteiger partial charge >= 0.3 is 0 Å².